The van der Waals surface area contributed by atoms with E-state index in [1.807, 2.05) is 19.1 Å². The summed E-state index contributed by atoms with van der Waals surface area (Å²) in [5, 5.41) is 6.88. The number of hydrogen-bond donors (Lipinski definition) is 1. The Morgan fingerprint density at radius 3 is 2.89 bits per heavy atom. The highest BCUT2D eigenvalue weighted by molar-refractivity contribution is 5.89. The van der Waals surface area contributed by atoms with E-state index in [2.05, 4.69) is 20.4 Å². The molecule has 0 aliphatic carbocycles. The van der Waals surface area contributed by atoms with Gasteiger partial charge in [-0.1, -0.05) is 17.3 Å². The van der Waals surface area contributed by atoms with Gasteiger partial charge in [-0.15, -0.1) is 0 Å². The fraction of sp³-hybridized carbons (Fsp3) is 0.167. The Labute approximate surface area is 152 Å². The lowest BCUT2D eigenvalue weighted by molar-refractivity contribution is 0.0904. The van der Waals surface area contributed by atoms with Crippen LogP contribution in [-0.4, -0.2) is 25.6 Å². The maximum Gasteiger partial charge on any atom is 0.316 e. The minimum Gasteiger partial charge on any atom is -0.465 e. The number of furan rings is 1. The van der Waals surface area contributed by atoms with Crippen molar-refractivity contribution in [2.75, 3.05) is 0 Å². The summed E-state index contributed by atoms with van der Waals surface area (Å²) in [5.41, 5.74) is 0.393. The summed E-state index contributed by atoms with van der Waals surface area (Å²) in [6.07, 6.45) is 1.42. The Bertz CT molecular complexity index is 1170. The zero-order valence-corrected chi connectivity index (χ0v) is 14.4. The van der Waals surface area contributed by atoms with Gasteiger partial charge >= 0.3 is 11.8 Å². The van der Waals surface area contributed by atoms with E-state index in [0.29, 0.717) is 16.7 Å². The van der Waals surface area contributed by atoms with E-state index in [4.69, 9.17) is 8.94 Å². The molecule has 1 aromatic carbocycles. The molecule has 0 atom stereocenters. The lowest BCUT2D eigenvalue weighted by Crippen LogP contribution is -2.23. The molecule has 1 amide bonds. The Morgan fingerprint density at radius 2 is 2.07 bits per heavy atom. The summed E-state index contributed by atoms with van der Waals surface area (Å²) in [6, 6.07) is 10.6. The van der Waals surface area contributed by atoms with Gasteiger partial charge in [-0.2, -0.15) is 4.98 Å². The van der Waals surface area contributed by atoms with Crippen molar-refractivity contribution in [3.05, 3.63) is 76.3 Å². The fourth-order valence-corrected chi connectivity index (χ4v) is 2.60. The minimum absolute atomic E-state index is 0.0465. The van der Waals surface area contributed by atoms with Crippen LogP contribution in [-0.2, 0) is 13.1 Å². The molecular formula is C18H15N5O4. The van der Waals surface area contributed by atoms with Gasteiger partial charge in [0.1, 0.15) is 11.5 Å². The number of carbonyl (C=O) groups is 1. The van der Waals surface area contributed by atoms with Crippen LogP contribution in [0.25, 0.3) is 10.9 Å². The Morgan fingerprint density at radius 1 is 1.22 bits per heavy atom. The summed E-state index contributed by atoms with van der Waals surface area (Å²) >= 11 is 0. The van der Waals surface area contributed by atoms with Crippen LogP contribution in [0.2, 0.25) is 0 Å². The van der Waals surface area contributed by atoms with E-state index >= 15 is 0 Å². The van der Waals surface area contributed by atoms with Crippen molar-refractivity contribution in [2.45, 2.75) is 20.0 Å². The molecule has 136 valence electrons. The number of benzene rings is 1. The molecule has 0 unspecified atom stereocenters. The Hall–Kier alpha value is -3.75. The SMILES string of the molecule is Cc1ccc(CNC(=O)c2nc(Cn3cnc4ccccc4c3=O)no2)o1. The average Bonchev–Trinajstić information content (AvgIpc) is 3.31. The first-order valence-electron chi connectivity index (χ1n) is 8.20. The van der Waals surface area contributed by atoms with E-state index in [-0.39, 0.29) is 30.4 Å². The second kappa shape index (κ2) is 6.87. The number of amides is 1. The highest BCUT2D eigenvalue weighted by Gasteiger charge is 2.16. The maximum atomic E-state index is 12.5. The number of aryl methyl sites for hydroxylation is 1. The number of aromatic nitrogens is 4. The van der Waals surface area contributed by atoms with Crippen molar-refractivity contribution in [2.24, 2.45) is 0 Å². The van der Waals surface area contributed by atoms with E-state index in [9.17, 15) is 9.59 Å². The molecule has 0 saturated heterocycles. The fourth-order valence-electron chi connectivity index (χ4n) is 2.60. The van der Waals surface area contributed by atoms with E-state index in [1.165, 1.54) is 10.9 Å². The van der Waals surface area contributed by atoms with Gasteiger partial charge in [-0.25, -0.2) is 4.98 Å². The molecule has 3 heterocycles. The monoisotopic (exact) mass is 365 g/mol. The third-order valence-electron chi connectivity index (χ3n) is 3.92. The molecule has 0 aliphatic rings. The van der Waals surface area contributed by atoms with Crippen LogP contribution in [0.3, 0.4) is 0 Å². The summed E-state index contributed by atoms with van der Waals surface area (Å²) in [4.78, 5) is 32.9. The molecule has 0 saturated carbocycles. The third-order valence-corrected chi connectivity index (χ3v) is 3.92. The predicted octanol–water partition coefficient (Wildman–Crippen LogP) is 1.66. The molecular weight excluding hydrogens is 350 g/mol. The highest BCUT2D eigenvalue weighted by Crippen LogP contribution is 2.07. The van der Waals surface area contributed by atoms with Crippen LogP contribution in [0.15, 0.2) is 56.5 Å². The number of fused-ring (bicyclic) bond motifs is 1. The normalized spacial score (nSPS) is 11.0. The lowest BCUT2D eigenvalue weighted by atomic mass is 10.2. The van der Waals surface area contributed by atoms with Gasteiger partial charge in [-0.3, -0.25) is 14.2 Å². The Balaban J connectivity index is 1.47. The topological polar surface area (TPSA) is 116 Å². The second-order valence-electron chi connectivity index (χ2n) is 5.91. The summed E-state index contributed by atoms with van der Waals surface area (Å²) in [7, 11) is 0. The molecule has 4 aromatic rings. The molecule has 3 aromatic heterocycles. The van der Waals surface area contributed by atoms with Gasteiger partial charge in [-0.05, 0) is 31.2 Å². The van der Waals surface area contributed by atoms with Crippen molar-refractivity contribution in [1.82, 2.24) is 25.0 Å². The third kappa shape index (κ3) is 3.47. The second-order valence-corrected chi connectivity index (χ2v) is 5.91. The molecule has 0 radical (unpaired) electrons. The smallest absolute Gasteiger partial charge is 0.316 e. The molecule has 0 fully saturated rings. The average molecular weight is 365 g/mol. The molecule has 4 rings (SSSR count). The number of carbonyl (C=O) groups excluding carboxylic acids is 1. The summed E-state index contributed by atoms with van der Waals surface area (Å²) in [6.45, 7) is 2.07. The molecule has 9 heteroatoms. The van der Waals surface area contributed by atoms with Crippen LogP contribution >= 0.6 is 0 Å². The first-order valence-corrected chi connectivity index (χ1v) is 8.20. The van der Waals surface area contributed by atoms with Crippen LogP contribution in [0.4, 0.5) is 0 Å². The summed E-state index contributed by atoms with van der Waals surface area (Å²) in [5.74, 6) is 0.873. The van der Waals surface area contributed by atoms with Crippen molar-refractivity contribution in [1.29, 1.82) is 0 Å². The Kier molecular flexibility index (Phi) is 4.25. The molecule has 0 spiro atoms. The van der Waals surface area contributed by atoms with E-state index in [1.54, 1.807) is 24.3 Å². The van der Waals surface area contributed by atoms with E-state index in [0.717, 1.165) is 5.76 Å². The van der Waals surface area contributed by atoms with Crippen molar-refractivity contribution in [3.63, 3.8) is 0 Å². The van der Waals surface area contributed by atoms with Gasteiger partial charge in [0.2, 0.25) is 0 Å². The zero-order chi connectivity index (χ0) is 18.8. The highest BCUT2D eigenvalue weighted by atomic mass is 16.5. The van der Waals surface area contributed by atoms with Gasteiger partial charge in [0.25, 0.3) is 5.56 Å². The zero-order valence-electron chi connectivity index (χ0n) is 14.4. The quantitative estimate of drug-likeness (QED) is 0.572. The molecule has 0 bridgehead atoms. The number of para-hydroxylation sites is 1. The van der Waals surface area contributed by atoms with Crippen LogP contribution in [0.1, 0.15) is 28.0 Å². The largest absolute Gasteiger partial charge is 0.465 e. The van der Waals surface area contributed by atoms with Gasteiger partial charge < -0.3 is 14.3 Å². The van der Waals surface area contributed by atoms with Crippen LogP contribution in [0.5, 0.6) is 0 Å². The number of nitrogens with zero attached hydrogens (tertiary/aromatic N) is 4. The first kappa shape index (κ1) is 16.7. The van der Waals surface area contributed by atoms with Crippen LogP contribution < -0.4 is 10.9 Å². The van der Waals surface area contributed by atoms with Crippen molar-refractivity contribution >= 4 is 16.8 Å². The predicted molar refractivity (Wildman–Crippen MR) is 94.0 cm³/mol. The van der Waals surface area contributed by atoms with Crippen LogP contribution in [0, 0.1) is 6.92 Å². The number of nitrogens with one attached hydrogen (secondary N) is 1. The molecule has 1 N–H and O–H groups in total. The maximum absolute atomic E-state index is 12.5. The van der Waals surface area contributed by atoms with E-state index < -0.39 is 5.91 Å². The van der Waals surface area contributed by atoms with Gasteiger partial charge in [0.15, 0.2) is 5.82 Å². The first-order chi connectivity index (χ1) is 13.1. The minimum atomic E-state index is -0.521. The number of rotatable bonds is 5. The lowest BCUT2D eigenvalue weighted by Gasteiger charge is -2.03. The van der Waals surface area contributed by atoms with Gasteiger partial charge in [0.05, 0.1) is 30.3 Å². The van der Waals surface area contributed by atoms with Crippen molar-refractivity contribution in [3.8, 4) is 0 Å². The molecule has 27 heavy (non-hydrogen) atoms. The standard InChI is InChI=1S/C18H15N5O4/c1-11-6-7-12(26-11)8-19-16(24)17-21-15(22-27-17)9-23-10-20-14-5-3-2-4-13(14)18(23)25/h2-7,10H,8-9H2,1H3,(H,19,24). The van der Waals surface area contributed by atoms with Gasteiger partial charge in [0, 0.05) is 0 Å². The molecule has 0 aliphatic heterocycles. The van der Waals surface area contributed by atoms with Crippen molar-refractivity contribution < 1.29 is 13.7 Å². The molecule has 9 nitrogen and oxygen atoms in total. The summed E-state index contributed by atoms with van der Waals surface area (Å²) < 4.78 is 11.7. The number of hydrogen-bond acceptors (Lipinski definition) is 7.